The van der Waals surface area contributed by atoms with Crippen molar-refractivity contribution in [1.29, 1.82) is 0 Å². The van der Waals surface area contributed by atoms with E-state index in [0.717, 1.165) is 73.3 Å². The van der Waals surface area contributed by atoms with Crippen LogP contribution in [0.15, 0.2) is 18.2 Å². The van der Waals surface area contributed by atoms with Crippen molar-refractivity contribution < 1.29 is 28.6 Å². The topological polar surface area (TPSA) is 131 Å². The number of nitrogens with one attached hydrogen (secondary N) is 1. The zero-order valence-electron chi connectivity index (χ0n) is 30.1. The fourth-order valence-electron chi connectivity index (χ4n) is 7.47. The Balaban J connectivity index is 1.38. The van der Waals surface area contributed by atoms with Gasteiger partial charge in [-0.1, -0.05) is 6.42 Å². The summed E-state index contributed by atoms with van der Waals surface area (Å²) >= 11 is 0. The number of aromatic nitrogens is 3. The van der Waals surface area contributed by atoms with Crippen LogP contribution >= 0.6 is 0 Å². The van der Waals surface area contributed by atoms with Gasteiger partial charge in [-0.2, -0.15) is 5.10 Å². The lowest BCUT2D eigenvalue weighted by Gasteiger charge is -2.37. The van der Waals surface area contributed by atoms with Gasteiger partial charge in [0.1, 0.15) is 5.82 Å². The van der Waals surface area contributed by atoms with Gasteiger partial charge in [0.15, 0.2) is 11.5 Å². The molecule has 3 aliphatic rings. The molecule has 4 heterocycles. The number of hydrogen-bond acceptors (Lipinski definition) is 9. The van der Waals surface area contributed by atoms with E-state index in [9.17, 15) is 14.4 Å². The second-order valence-electron chi connectivity index (χ2n) is 13.9. The van der Waals surface area contributed by atoms with E-state index in [4.69, 9.17) is 19.2 Å². The van der Waals surface area contributed by atoms with Gasteiger partial charge in [-0.25, -0.2) is 4.98 Å². The predicted octanol–water partition coefficient (Wildman–Crippen LogP) is 3.86. The molecule has 2 aromatic heterocycles. The molecule has 2 aliphatic heterocycles. The third-order valence-electron chi connectivity index (χ3n) is 10.5. The minimum atomic E-state index is -0.0756. The Hall–Kier alpha value is -4.55. The van der Waals surface area contributed by atoms with Gasteiger partial charge in [0, 0.05) is 93.8 Å². The van der Waals surface area contributed by atoms with E-state index in [2.05, 4.69) is 21.4 Å². The molecule has 13 nitrogen and oxygen atoms in total. The minimum absolute atomic E-state index is 0.0341. The van der Waals surface area contributed by atoms with E-state index in [1.165, 1.54) is 0 Å². The molecule has 3 aromatic rings. The van der Waals surface area contributed by atoms with Crippen LogP contribution in [0, 0.1) is 25.7 Å². The summed E-state index contributed by atoms with van der Waals surface area (Å²) in [7, 11) is 4.77. The smallest absolute Gasteiger partial charge is 0.226 e. The van der Waals surface area contributed by atoms with Gasteiger partial charge in [0.2, 0.25) is 23.5 Å². The molecule has 13 heteroatoms. The van der Waals surface area contributed by atoms with Crippen molar-refractivity contribution in [1.82, 2.24) is 29.9 Å². The number of anilines is 1. The summed E-state index contributed by atoms with van der Waals surface area (Å²) in [6.07, 6.45) is 5.16. The molecule has 6 rings (SSSR count). The van der Waals surface area contributed by atoms with Crippen molar-refractivity contribution in [3.05, 3.63) is 35.2 Å². The first-order chi connectivity index (χ1) is 24.2. The van der Waals surface area contributed by atoms with Crippen LogP contribution in [0.2, 0.25) is 0 Å². The number of hydrogen-bond donors (Lipinski definition) is 1. The molecule has 0 radical (unpaired) electrons. The lowest BCUT2D eigenvalue weighted by atomic mass is 9.84. The maximum Gasteiger partial charge on any atom is 0.226 e. The second-order valence-corrected chi connectivity index (χ2v) is 13.9. The standard InChI is InChI=1S/C37H51N7O6/c1-24-18-25(2)44(40-24)15-12-33(46)41-14-11-32(45)38-21-26-8-7-13-42(22-26)36-28(23-43(17-16-41)37(47)27-9-6-10-27)19-29-30(39-36)20-31(48-3)35(50-5)34(29)49-4/h18-20,26-27H,6-17,21-23H2,1-5H3,(H,38,45). The number of pyridine rings is 1. The third-order valence-corrected chi connectivity index (χ3v) is 10.5. The lowest BCUT2D eigenvalue weighted by Crippen LogP contribution is -2.45. The molecule has 1 N–H and O–H groups in total. The Morgan fingerprint density at radius 2 is 1.70 bits per heavy atom. The van der Waals surface area contributed by atoms with Crippen LogP contribution < -0.4 is 24.4 Å². The summed E-state index contributed by atoms with van der Waals surface area (Å²) < 4.78 is 19.1. The van der Waals surface area contributed by atoms with Crippen LogP contribution in [-0.4, -0.2) is 103 Å². The Bertz CT molecular complexity index is 1720. The molecule has 2 bridgehead atoms. The van der Waals surface area contributed by atoms with E-state index >= 15 is 0 Å². The number of ether oxygens (including phenoxy) is 3. The summed E-state index contributed by atoms with van der Waals surface area (Å²) in [5.74, 6) is 2.47. The number of benzene rings is 1. The highest BCUT2D eigenvalue weighted by atomic mass is 16.5. The number of aryl methyl sites for hydroxylation is 3. The Morgan fingerprint density at radius 1 is 0.920 bits per heavy atom. The molecule has 1 aliphatic carbocycles. The van der Waals surface area contributed by atoms with Crippen LogP contribution in [0.1, 0.15) is 61.9 Å². The highest BCUT2D eigenvalue weighted by molar-refractivity contribution is 5.92. The summed E-state index contributed by atoms with van der Waals surface area (Å²) in [5.41, 5.74) is 3.50. The molecule has 1 aromatic carbocycles. The normalized spacial score (nSPS) is 19.2. The number of fused-ring (bicyclic) bond motifs is 5. The Labute approximate surface area is 294 Å². The number of methoxy groups -OCH3 is 3. The second kappa shape index (κ2) is 15.6. The summed E-state index contributed by atoms with van der Waals surface area (Å²) in [4.78, 5) is 52.1. The first-order valence-electron chi connectivity index (χ1n) is 17.9. The number of rotatable bonds is 7. The van der Waals surface area contributed by atoms with Crippen molar-refractivity contribution in [2.45, 2.75) is 71.9 Å². The van der Waals surface area contributed by atoms with E-state index in [0.29, 0.717) is 55.5 Å². The molecular weight excluding hydrogens is 638 g/mol. The number of carbonyl (C=O) groups is 3. The van der Waals surface area contributed by atoms with Crippen LogP contribution in [0.4, 0.5) is 5.82 Å². The lowest BCUT2D eigenvalue weighted by molar-refractivity contribution is -0.141. The van der Waals surface area contributed by atoms with Gasteiger partial charge in [0.05, 0.1) is 32.5 Å². The summed E-state index contributed by atoms with van der Waals surface area (Å²) in [5, 5.41) is 8.42. The van der Waals surface area contributed by atoms with Gasteiger partial charge in [-0.05, 0) is 57.6 Å². The zero-order valence-corrected chi connectivity index (χ0v) is 30.1. The fourth-order valence-corrected chi connectivity index (χ4v) is 7.47. The highest BCUT2D eigenvalue weighted by Crippen LogP contribution is 2.44. The van der Waals surface area contributed by atoms with Crippen LogP contribution in [-0.2, 0) is 27.5 Å². The molecule has 0 spiro atoms. The molecule has 3 amide bonds. The predicted molar refractivity (Wildman–Crippen MR) is 190 cm³/mol. The average Bonchev–Trinajstić information content (AvgIpc) is 3.42. The quantitative estimate of drug-likeness (QED) is 0.393. The van der Waals surface area contributed by atoms with Crippen molar-refractivity contribution in [3.8, 4) is 17.2 Å². The third kappa shape index (κ3) is 7.61. The largest absolute Gasteiger partial charge is 0.493 e. The highest BCUT2D eigenvalue weighted by Gasteiger charge is 2.32. The summed E-state index contributed by atoms with van der Waals surface area (Å²) in [6.45, 7) is 7.73. The van der Waals surface area contributed by atoms with Gasteiger partial charge < -0.3 is 34.2 Å². The Morgan fingerprint density at radius 3 is 2.38 bits per heavy atom. The minimum Gasteiger partial charge on any atom is -0.493 e. The monoisotopic (exact) mass is 689 g/mol. The van der Waals surface area contributed by atoms with E-state index in [-0.39, 0.29) is 48.9 Å². The van der Waals surface area contributed by atoms with Crippen molar-refractivity contribution >= 4 is 34.4 Å². The SMILES string of the molecule is COc1cc2nc3c(cc2c(OC)c1OC)CN(C(=O)C1CCC1)CCN(C(=O)CCn1nc(C)cc1C)CCC(=O)NCC1CCCN3C1. The number of piperidine rings is 1. The number of carbonyl (C=O) groups excluding carboxylic acids is 3. The first-order valence-corrected chi connectivity index (χ1v) is 17.9. The maximum absolute atomic E-state index is 14.1. The molecule has 2 fully saturated rings. The zero-order chi connectivity index (χ0) is 35.4. The van der Waals surface area contributed by atoms with Crippen LogP contribution in [0.3, 0.4) is 0 Å². The van der Waals surface area contributed by atoms with Crippen molar-refractivity contribution in [2.75, 3.05) is 65.5 Å². The average molecular weight is 690 g/mol. The first kappa shape index (κ1) is 35.3. The maximum atomic E-state index is 14.1. The van der Waals surface area contributed by atoms with E-state index in [1.807, 2.05) is 35.6 Å². The molecular formula is C37H51N7O6. The van der Waals surface area contributed by atoms with Crippen molar-refractivity contribution in [3.63, 3.8) is 0 Å². The number of nitrogens with zero attached hydrogens (tertiary/aromatic N) is 6. The Kier molecular flexibility index (Phi) is 11.0. The molecule has 1 atom stereocenters. The van der Waals surface area contributed by atoms with Crippen LogP contribution in [0.25, 0.3) is 10.9 Å². The molecule has 50 heavy (non-hydrogen) atoms. The van der Waals surface area contributed by atoms with Gasteiger partial charge >= 0.3 is 0 Å². The molecule has 1 unspecified atom stereocenters. The van der Waals surface area contributed by atoms with Crippen LogP contribution in [0.5, 0.6) is 17.2 Å². The van der Waals surface area contributed by atoms with Gasteiger partial charge in [-0.15, -0.1) is 0 Å². The number of amides is 3. The van der Waals surface area contributed by atoms with Gasteiger partial charge in [0.25, 0.3) is 0 Å². The molecule has 1 saturated heterocycles. The van der Waals surface area contributed by atoms with Gasteiger partial charge in [-0.3, -0.25) is 19.1 Å². The van der Waals surface area contributed by atoms with Crippen molar-refractivity contribution in [2.24, 2.45) is 11.8 Å². The van der Waals surface area contributed by atoms with E-state index < -0.39 is 0 Å². The summed E-state index contributed by atoms with van der Waals surface area (Å²) in [6, 6.07) is 5.92. The van der Waals surface area contributed by atoms with E-state index in [1.54, 1.807) is 26.2 Å². The molecule has 1 saturated carbocycles. The fraction of sp³-hybridized carbons (Fsp3) is 0.595. The molecule has 270 valence electrons.